The molecule has 0 saturated carbocycles. The summed E-state index contributed by atoms with van der Waals surface area (Å²) in [7, 11) is 1.80. The monoisotopic (exact) mass is 409 g/mol. The molecule has 30 heavy (non-hydrogen) atoms. The van der Waals surface area contributed by atoms with Crippen molar-refractivity contribution in [2.45, 2.75) is 33.4 Å². The molecular formula is C22H27N5O3. The number of carbonyl (C=O) groups excluding carboxylic acids is 1. The summed E-state index contributed by atoms with van der Waals surface area (Å²) in [5.74, 6) is 0.363. The summed E-state index contributed by atoms with van der Waals surface area (Å²) in [6.45, 7) is 6.44. The van der Waals surface area contributed by atoms with Crippen molar-refractivity contribution in [3.63, 3.8) is 0 Å². The highest BCUT2D eigenvalue weighted by molar-refractivity contribution is 5.99. The standard InChI is InChI=1S/C22H27N5O3/c1-5-27(16(3)14-30-20-9-6-15(2)12-23-20)22(29)18-8-7-17(13-28)24-21(18)19-10-11-26(4)25-19/h6-12,16,28H,5,13-14H2,1-4H3/t16-/m0/s1. The average molecular weight is 409 g/mol. The number of pyridine rings is 2. The average Bonchev–Trinajstić information content (AvgIpc) is 3.19. The Labute approximate surface area is 176 Å². The van der Waals surface area contributed by atoms with Gasteiger partial charge in [0, 0.05) is 32.1 Å². The molecule has 0 unspecified atom stereocenters. The fourth-order valence-corrected chi connectivity index (χ4v) is 3.14. The maximum absolute atomic E-state index is 13.4. The van der Waals surface area contributed by atoms with Crippen LogP contribution in [0.25, 0.3) is 11.4 Å². The first-order chi connectivity index (χ1) is 14.4. The van der Waals surface area contributed by atoms with Crippen LogP contribution in [0.3, 0.4) is 0 Å². The van der Waals surface area contributed by atoms with E-state index in [9.17, 15) is 9.90 Å². The number of aryl methyl sites for hydroxylation is 2. The van der Waals surface area contributed by atoms with Crippen molar-refractivity contribution in [1.29, 1.82) is 0 Å². The minimum Gasteiger partial charge on any atom is -0.475 e. The number of nitrogens with zero attached hydrogens (tertiary/aromatic N) is 5. The maximum Gasteiger partial charge on any atom is 0.256 e. The minimum absolute atomic E-state index is 0.164. The van der Waals surface area contributed by atoms with Crippen LogP contribution in [0, 0.1) is 6.92 Å². The van der Waals surface area contributed by atoms with Gasteiger partial charge >= 0.3 is 0 Å². The third-order valence-electron chi connectivity index (χ3n) is 4.79. The first-order valence-electron chi connectivity index (χ1n) is 9.90. The van der Waals surface area contributed by atoms with Crippen molar-refractivity contribution < 1.29 is 14.6 Å². The van der Waals surface area contributed by atoms with Crippen LogP contribution < -0.4 is 4.74 Å². The highest BCUT2D eigenvalue weighted by Gasteiger charge is 2.25. The van der Waals surface area contributed by atoms with E-state index in [0.29, 0.717) is 41.7 Å². The number of ether oxygens (including phenoxy) is 1. The van der Waals surface area contributed by atoms with Crippen molar-refractivity contribution in [2.75, 3.05) is 13.2 Å². The molecule has 3 aromatic heterocycles. The van der Waals surface area contributed by atoms with Crippen molar-refractivity contribution in [3.05, 3.63) is 59.5 Å². The minimum atomic E-state index is -0.209. The molecule has 0 fully saturated rings. The molecule has 0 aromatic carbocycles. The summed E-state index contributed by atoms with van der Waals surface area (Å²) in [6.07, 6.45) is 3.54. The summed E-state index contributed by atoms with van der Waals surface area (Å²) in [5, 5.41) is 13.9. The van der Waals surface area contributed by atoms with Gasteiger partial charge in [0.05, 0.1) is 23.9 Å². The zero-order chi connectivity index (χ0) is 21.7. The van der Waals surface area contributed by atoms with Crippen molar-refractivity contribution >= 4 is 5.91 Å². The Kier molecular flexibility index (Phi) is 6.79. The second-order valence-electron chi connectivity index (χ2n) is 7.16. The molecule has 158 valence electrons. The highest BCUT2D eigenvalue weighted by atomic mass is 16.5. The largest absolute Gasteiger partial charge is 0.475 e. The van der Waals surface area contributed by atoms with Gasteiger partial charge in [0.1, 0.15) is 18.0 Å². The molecule has 8 nitrogen and oxygen atoms in total. The third-order valence-corrected chi connectivity index (χ3v) is 4.79. The zero-order valence-electron chi connectivity index (χ0n) is 17.7. The number of rotatable bonds is 8. The van der Waals surface area contributed by atoms with Crippen LogP contribution in [0.5, 0.6) is 5.88 Å². The number of carbonyl (C=O) groups is 1. The fourth-order valence-electron chi connectivity index (χ4n) is 3.14. The van der Waals surface area contributed by atoms with Crippen molar-refractivity contribution in [2.24, 2.45) is 7.05 Å². The van der Waals surface area contributed by atoms with Crippen molar-refractivity contribution in [3.8, 4) is 17.3 Å². The zero-order valence-corrected chi connectivity index (χ0v) is 17.7. The lowest BCUT2D eigenvalue weighted by Crippen LogP contribution is -2.42. The molecule has 3 aromatic rings. The first kappa shape index (κ1) is 21.4. The fraction of sp³-hybridized carbons (Fsp3) is 0.364. The van der Waals surface area contributed by atoms with Crippen molar-refractivity contribution in [1.82, 2.24) is 24.6 Å². The highest BCUT2D eigenvalue weighted by Crippen LogP contribution is 2.23. The summed E-state index contributed by atoms with van der Waals surface area (Å²) in [6, 6.07) is 8.72. The predicted molar refractivity (Wildman–Crippen MR) is 113 cm³/mol. The predicted octanol–water partition coefficient (Wildman–Crippen LogP) is 2.61. The van der Waals surface area contributed by atoms with Gasteiger partial charge in [0.25, 0.3) is 5.91 Å². The van der Waals surface area contributed by atoms with E-state index < -0.39 is 0 Å². The van der Waals surface area contributed by atoms with E-state index in [0.717, 1.165) is 5.56 Å². The molecule has 1 atom stereocenters. The number of aromatic nitrogens is 4. The second kappa shape index (κ2) is 9.49. The number of hydrogen-bond donors (Lipinski definition) is 1. The van der Waals surface area contributed by atoms with Gasteiger partial charge < -0.3 is 14.7 Å². The number of hydrogen-bond acceptors (Lipinski definition) is 6. The molecular weight excluding hydrogens is 382 g/mol. The molecule has 0 spiro atoms. The van der Waals surface area contributed by atoms with E-state index in [2.05, 4.69) is 15.1 Å². The summed E-state index contributed by atoms with van der Waals surface area (Å²) < 4.78 is 7.43. The van der Waals surface area contributed by atoms with Crippen LogP contribution in [0.4, 0.5) is 0 Å². The molecule has 3 rings (SSSR count). The molecule has 0 aliphatic rings. The maximum atomic E-state index is 13.4. The Balaban J connectivity index is 1.83. The summed E-state index contributed by atoms with van der Waals surface area (Å²) in [5.41, 5.74) is 3.02. The molecule has 1 N–H and O–H groups in total. The van der Waals surface area contributed by atoms with Crippen LogP contribution in [-0.2, 0) is 13.7 Å². The Hall–Kier alpha value is -3.26. The lowest BCUT2D eigenvalue weighted by atomic mass is 10.1. The van der Waals surface area contributed by atoms with E-state index in [1.54, 1.807) is 47.2 Å². The van der Waals surface area contributed by atoms with Crippen LogP contribution in [0.2, 0.25) is 0 Å². The molecule has 0 radical (unpaired) electrons. The molecule has 0 bridgehead atoms. The van der Waals surface area contributed by atoms with Gasteiger partial charge in [-0.15, -0.1) is 0 Å². The molecule has 3 heterocycles. The van der Waals surface area contributed by atoms with E-state index in [4.69, 9.17) is 4.74 Å². The van der Waals surface area contributed by atoms with Gasteiger partial charge in [0.2, 0.25) is 5.88 Å². The number of aliphatic hydroxyl groups excluding tert-OH is 1. The quantitative estimate of drug-likeness (QED) is 0.615. The van der Waals surface area contributed by atoms with Gasteiger partial charge in [-0.2, -0.15) is 5.10 Å². The third kappa shape index (κ3) is 4.83. The van der Waals surface area contributed by atoms with E-state index in [1.807, 2.05) is 32.9 Å². The van der Waals surface area contributed by atoms with Gasteiger partial charge in [-0.1, -0.05) is 6.07 Å². The van der Waals surface area contributed by atoms with Crippen LogP contribution in [-0.4, -0.2) is 54.9 Å². The van der Waals surface area contributed by atoms with Gasteiger partial charge in [-0.05, 0) is 44.5 Å². The Morgan fingerprint density at radius 3 is 2.67 bits per heavy atom. The molecule has 0 aliphatic heterocycles. The molecule has 8 heteroatoms. The SMILES string of the molecule is CCN(C(=O)c1ccc(CO)nc1-c1ccn(C)n1)[C@@H](C)COc1ccc(C)cn1. The van der Waals surface area contributed by atoms with Gasteiger partial charge in [-0.3, -0.25) is 9.48 Å². The normalized spacial score (nSPS) is 11.9. The Morgan fingerprint density at radius 2 is 2.07 bits per heavy atom. The second-order valence-corrected chi connectivity index (χ2v) is 7.16. The van der Waals surface area contributed by atoms with Gasteiger partial charge in [-0.25, -0.2) is 9.97 Å². The summed E-state index contributed by atoms with van der Waals surface area (Å²) in [4.78, 5) is 23.8. The number of likely N-dealkylation sites (N-methyl/N-ethyl adjacent to an activating group) is 1. The Bertz CT molecular complexity index is 1000. The lowest BCUT2D eigenvalue weighted by Gasteiger charge is -2.28. The van der Waals surface area contributed by atoms with E-state index in [-0.39, 0.29) is 18.6 Å². The van der Waals surface area contributed by atoms with E-state index in [1.165, 1.54) is 0 Å². The van der Waals surface area contributed by atoms with Gasteiger partial charge in [0.15, 0.2) is 0 Å². The number of aliphatic hydroxyl groups is 1. The molecule has 0 aliphatic carbocycles. The number of amides is 1. The smallest absolute Gasteiger partial charge is 0.256 e. The topological polar surface area (TPSA) is 93.4 Å². The summed E-state index contributed by atoms with van der Waals surface area (Å²) >= 11 is 0. The molecule has 0 saturated heterocycles. The van der Waals surface area contributed by atoms with Crippen LogP contribution in [0.15, 0.2) is 42.7 Å². The Morgan fingerprint density at radius 1 is 1.27 bits per heavy atom. The lowest BCUT2D eigenvalue weighted by molar-refractivity contribution is 0.0646. The van der Waals surface area contributed by atoms with E-state index >= 15 is 0 Å². The first-order valence-corrected chi connectivity index (χ1v) is 9.90. The van der Waals surface area contributed by atoms with Crippen LogP contribution in [0.1, 0.15) is 35.5 Å². The molecule has 1 amide bonds. The van der Waals surface area contributed by atoms with Crippen LogP contribution >= 0.6 is 0 Å².